The van der Waals surface area contributed by atoms with Crippen LogP contribution in [0.3, 0.4) is 0 Å². The smallest absolute Gasteiger partial charge is 0.272 e. The van der Waals surface area contributed by atoms with Crippen molar-refractivity contribution in [1.29, 1.82) is 0 Å². The van der Waals surface area contributed by atoms with E-state index in [2.05, 4.69) is 15.3 Å². The Labute approximate surface area is 122 Å². The molecule has 0 aliphatic carbocycles. The molecule has 6 heteroatoms. The minimum Gasteiger partial charge on any atom is -0.378 e. The summed E-state index contributed by atoms with van der Waals surface area (Å²) in [5.74, 6) is 0.331. The van der Waals surface area contributed by atoms with Crippen LogP contribution >= 0.6 is 0 Å². The summed E-state index contributed by atoms with van der Waals surface area (Å²) in [5.41, 5.74) is 1.28. The molecule has 108 valence electrons. The minimum absolute atomic E-state index is 0.0863. The highest BCUT2D eigenvalue weighted by Crippen LogP contribution is 2.13. The van der Waals surface area contributed by atoms with Gasteiger partial charge < -0.3 is 15.0 Å². The second-order valence-electron chi connectivity index (χ2n) is 4.66. The van der Waals surface area contributed by atoms with Gasteiger partial charge in [-0.2, -0.15) is 0 Å². The Bertz CT molecular complexity index is 612. The van der Waals surface area contributed by atoms with Crippen molar-refractivity contribution in [3.8, 4) is 0 Å². The Hall–Kier alpha value is -2.47. The van der Waals surface area contributed by atoms with Crippen LogP contribution in [0.2, 0.25) is 0 Å². The lowest BCUT2D eigenvalue weighted by Gasteiger charge is -2.26. The van der Waals surface area contributed by atoms with Crippen LogP contribution in [0.5, 0.6) is 0 Å². The molecule has 1 aromatic carbocycles. The second-order valence-corrected chi connectivity index (χ2v) is 4.66. The molecular formula is C15H16N4O2. The van der Waals surface area contributed by atoms with Gasteiger partial charge in [0.1, 0.15) is 5.69 Å². The molecule has 0 bridgehead atoms. The number of para-hydroxylation sites is 1. The number of carbonyl (C=O) groups excluding carboxylic acids is 1. The van der Waals surface area contributed by atoms with Gasteiger partial charge in [0.05, 0.1) is 13.2 Å². The van der Waals surface area contributed by atoms with Crippen molar-refractivity contribution in [2.75, 3.05) is 31.6 Å². The van der Waals surface area contributed by atoms with Crippen LogP contribution in [-0.4, -0.2) is 47.1 Å². The maximum atomic E-state index is 12.4. The van der Waals surface area contributed by atoms with Gasteiger partial charge in [-0.15, -0.1) is 0 Å². The molecule has 2 heterocycles. The number of aromatic nitrogens is 2. The summed E-state index contributed by atoms with van der Waals surface area (Å²) in [6.07, 6.45) is 1.59. The Balaban J connectivity index is 1.75. The molecule has 21 heavy (non-hydrogen) atoms. The number of hydrogen-bond acceptors (Lipinski definition) is 5. The normalized spacial score (nSPS) is 14.8. The monoisotopic (exact) mass is 284 g/mol. The number of ether oxygens (including phenoxy) is 1. The molecule has 1 aromatic heterocycles. The zero-order chi connectivity index (χ0) is 14.5. The number of benzene rings is 1. The quantitative estimate of drug-likeness (QED) is 0.929. The van der Waals surface area contributed by atoms with Gasteiger partial charge in [0.2, 0.25) is 5.95 Å². The first-order valence-corrected chi connectivity index (χ1v) is 6.85. The molecule has 1 aliphatic rings. The van der Waals surface area contributed by atoms with Crippen LogP contribution in [0.15, 0.2) is 42.6 Å². The standard InChI is InChI=1S/C15H16N4O2/c20-14(19-8-10-21-11-9-19)13-6-7-16-15(18-13)17-12-4-2-1-3-5-12/h1-7H,8-11H2,(H,16,17,18). The van der Waals surface area contributed by atoms with Crippen LogP contribution < -0.4 is 5.32 Å². The maximum absolute atomic E-state index is 12.4. The first-order valence-electron chi connectivity index (χ1n) is 6.85. The van der Waals surface area contributed by atoms with E-state index in [1.54, 1.807) is 17.2 Å². The van der Waals surface area contributed by atoms with E-state index in [0.29, 0.717) is 37.9 Å². The van der Waals surface area contributed by atoms with Crippen molar-refractivity contribution < 1.29 is 9.53 Å². The molecule has 1 saturated heterocycles. The lowest BCUT2D eigenvalue weighted by atomic mass is 10.3. The van der Waals surface area contributed by atoms with Gasteiger partial charge in [-0.05, 0) is 18.2 Å². The molecule has 1 fully saturated rings. The topological polar surface area (TPSA) is 67.4 Å². The molecular weight excluding hydrogens is 268 g/mol. The molecule has 1 aliphatic heterocycles. The van der Waals surface area contributed by atoms with Crippen LogP contribution in [0.25, 0.3) is 0 Å². The first-order chi connectivity index (χ1) is 10.3. The van der Waals surface area contributed by atoms with E-state index in [1.165, 1.54) is 0 Å². The number of hydrogen-bond donors (Lipinski definition) is 1. The van der Waals surface area contributed by atoms with E-state index < -0.39 is 0 Å². The number of nitrogens with one attached hydrogen (secondary N) is 1. The average Bonchev–Trinajstić information content (AvgIpc) is 2.56. The maximum Gasteiger partial charge on any atom is 0.272 e. The minimum atomic E-state index is -0.0863. The summed E-state index contributed by atoms with van der Waals surface area (Å²) >= 11 is 0. The third-order valence-corrected chi connectivity index (χ3v) is 3.20. The molecule has 2 aromatic rings. The number of amides is 1. The van der Waals surface area contributed by atoms with Gasteiger partial charge >= 0.3 is 0 Å². The number of morpholine rings is 1. The van der Waals surface area contributed by atoms with Crippen LogP contribution in [0.1, 0.15) is 10.5 Å². The highest BCUT2D eigenvalue weighted by atomic mass is 16.5. The highest BCUT2D eigenvalue weighted by molar-refractivity contribution is 5.92. The summed E-state index contributed by atoms with van der Waals surface area (Å²) in [7, 11) is 0. The van der Waals surface area contributed by atoms with Gasteiger partial charge in [0.15, 0.2) is 0 Å². The Kier molecular flexibility index (Phi) is 4.07. The molecule has 0 unspecified atom stereocenters. The second kappa shape index (κ2) is 6.32. The fourth-order valence-corrected chi connectivity index (χ4v) is 2.12. The zero-order valence-corrected chi connectivity index (χ0v) is 11.5. The van der Waals surface area contributed by atoms with E-state index in [4.69, 9.17) is 4.74 Å². The van der Waals surface area contributed by atoms with Gasteiger partial charge in [-0.25, -0.2) is 9.97 Å². The lowest BCUT2D eigenvalue weighted by molar-refractivity contribution is 0.0299. The van der Waals surface area contributed by atoms with Crippen molar-refractivity contribution in [3.05, 3.63) is 48.3 Å². The van der Waals surface area contributed by atoms with Crippen LogP contribution in [0.4, 0.5) is 11.6 Å². The molecule has 1 amide bonds. The van der Waals surface area contributed by atoms with Crippen molar-refractivity contribution in [3.63, 3.8) is 0 Å². The summed E-state index contributed by atoms with van der Waals surface area (Å²) in [6.45, 7) is 2.35. The Morgan fingerprint density at radius 3 is 2.67 bits per heavy atom. The van der Waals surface area contributed by atoms with Crippen molar-refractivity contribution in [2.24, 2.45) is 0 Å². The number of rotatable bonds is 3. The fraction of sp³-hybridized carbons (Fsp3) is 0.267. The van der Waals surface area contributed by atoms with Crippen molar-refractivity contribution in [1.82, 2.24) is 14.9 Å². The third-order valence-electron chi connectivity index (χ3n) is 3.20. The molecule has 0 saturated carbocycles. The number of anilines is 2. The summed E-state index contributed by atoms with van der Waals surface area (Å²) < 4.78 is 5.25. The molecule has 3 rings (SSSR count). The Morgan fingerprint density at radius 2 is 1.90 bits per heavy atom. The van der Waals surface area contributed by atoms with E-state index in [1.807, 2.05) is 30.3 Å². The van der Waals surface area contributed by atoms with Crippen molar-refractivity contribution in [2.45, 2.75) is 0 Å². The first kappa shape index (κ1) is 13.5. The van der Waals surface area contributed by atoms with Gasteiger partial charge in [0, 0.05) is 25.0 Å². The van der Waals surface area contributed by atoms with E-state index in [9.17, 15) is 4.79 Å². The molecule has 6 nitrogen and oxygen atoms in total. The van der Waals surface area contributed by atoms with Gasteiger partial charge in [-0.1, -0.05) is 18.2 Å². The summed E-state index contributed by atoms with van der Waals surface area (Å²) in [6, 6.07) is 11.2. The molecule has 1 N–H and O–H groups in total. The molecule has 0 atom stereocenters. The predicted molar refractivity (Wildman–Crippen MR) is 78.5 cm³/mol. The molecule has 0 spiro atoms. The van der Waals surface area contributed by atoms with Gasteiger partial charge in [0.25, 0.3) is 5.91 Å². The fourth-order valence-electron chi connectivity index (χ4n) is 2.12. The van der Waals surface area contributed by atoms with Crippen molar-refractivity contribution >= 4 is 17.5 Å². The SMILES string of the molecule is O=C(c1ccnc(Nc2ccccc2)n1)N1CCOCC1. The predicted octanol–water partition coefficient (Wildman–Crippen LogP) is 1.69. The molecule has 0 radical (unpaired) electrons. The Morgan fingerprint density at radius 1 is 1.14 bits per heavy atom. The highest BCUT2D eigenvalue weighted by Gasteiger charge is 2.19. The lowest BCUT2D eigenvalue weighted by Crippen LogP contribution is -2.41. The zero-order valence-electron chi connectivity index (χ0n) is 11.5. The number of carbonyl (C=O) groups is 1. The van der Waals surface area contributed by atoms with E-state index in [0.717, 1.165) is 5.69 Å². The van der Waals surface area contributed by atoms with E-state index in [-0.39, 0.29) is 5.91 Å². The van der Waals surface area contributed by atoms with Crippen LogP contribution in [-0.2, 0) is 4.74 Å². The van der Waals surface area contributed by atoms with Gasteiger partial charge in [-0.3, -0.25) is 4.79 Å². The summed E-state index contributed by atoms with van der Waals surface area (Å²) in [5, 5.41) is 3.08. The number of nitrogens with zero attached hydrogens (tertiary/aromatic N) is 3. The van der Waals surface area contributed by atoms with Crippen LogP contribution in [0, 0.1) is 0 Å². The average molecular weight is 284 g/mol. The third kappa shape index (κ3) is 3.35. The summed E-state index contributed by atoms with van der Waals surface area (Å²) in [4.78, 5) is 22.5. The largest absolute Gasteiger partial charge is 0.378 e. The van der Waals surface area contributed by atoms with E-state index >= 15 is 0 Å².